The van der Waals surface area contributed by atoms with Gasteiger partial charge in [0, 0.05) is 11.1 Å². The average molecular weight is 437 g/mol. The Balaban J connectivity index is 1.38. The lowest BCUT2D eigenvalue weighted by Crippen LogP contribution is -2.20. The number of nitrogens with zero attached hydrogens (tertiary/aromatic N) is 3. The standard InChI is InChI=1S/C27H24N4O2/c1-17-11-18(2)13-21(12-17)33-16-27(32)28-23-15-25-24(14-19(23)3)29-31(30-25)26-10-6-8-20-7-4-5-9-22(20)26/h4-15H,16H2,1-3H3,(H,28,32). The Bertz CT molecular complexity index is 1480. The molecule has 0 aliphatic carbocycles. The Labute approximate surface area is 191 Å². The topological polar surface area (TPSA) is 69.0 Å². The summed E-state index contributed by atoms with van der Waals surface area (Å²) in [5, 5.41) is 14.5. The van der Waals surface area contributed by atoms with Gasteiger partial charge < -0.3 is 10.1 Å². The van der Waals surface area contributed by atoms with Crippen molar-refractivity contribution >= 4 is 33.4 Å². The molecule has 0 atom stereocenters. The van der Waals surface area contributed by atoms with E-state index in [4.69, 9.17) is 4.74 Å². The second-order valence-electron chi connectivity index (χ2n) is 8.30. The summed E-state index contributed by atoms with van der Waals surface area (Å²) in [6.07, 6.45) is 0. The Kier molecular flexibility index (Phi) is 5.26. The van der Waals surface area contributed by atoms with Gasteiger partial charge in [-0.15, -0.1) is 15.0 Å². The molecule has 0 fully saturated rings. The van der Waals surface area contributed by atoms with E-state index in [1.807, 2.05) is 69.3 Å². The molecule has 33 heavy (non-hydrogen) atoms. The number of carbonyl (C=O) groups excluding carboxylic acids is 1. The van der Waals surface area contributed by atoms with Gasteiger partial charge in [0.2, 0.25) is 0 Å². The third-order valence-corrected chi connectivity index (χ3v) is 5.55. The third kappa shape index (κ3) is 4.28. The van der Waals surface area contributed by atoms with Crippen molar-refractivity contribution in [2.75, 3.05) is 11.9 Å². The molecule has 1 aromatic heterocycles. The number of amides is 1. The van der Waals surface area contributed by atoms with Gasteiger partial charge in [-0.25, -0.2) is 0 Å². The van der Waals surface area contributed by atoms with Gasteiger partial charge >= 0.3 is 0 Å². The number of anilines is 1. The van der Waals surface area contributed by atoms with Crippen LogP contribution in [0.2, 0.25) is 0 Å². The largest absolute Gasteiger partial charge is 0.484 e. The monoisotopic (exact) mass is 436 g/mol. The molecule has 0 unspecified atom stereocenters. The fraction of sp³-hybridized carbons (Fsp3) is 0.148. The van der Waals surface area contributed by atoms with Gasteiger partial charge in [0.15, 0.2) is 6.61 Å². The normalized spacial score (nSPS) is 11.1. The molecular formula is C27H24N4O2. The van der Waals surface area contributed by atoms with Gasteiger partial charge in [0.05, 0.1) is 5.69 Å². The minimum absolute atomic E-state index is 0.0664. The zero-order valence-corrected chi connectivity index (χ0v) is 18.8. The maximum Gasteiger partial charge on any atom is 0.262 e. The van der Waals surface area contributed by atoms with Crippen LogP contribution in [0.4, 0.5) is 5.69 Å². The lowest BCUT2D eigenvalue weighted by Gasteiger charge is -2.10. The number of aromatic nitrogens is 3. The number of rotatable bonds is 5. The fourth-order valence-corrected chi connectivity index (χ4v) is 4.04. The van der Waals surface area contributed by atoms with Crippen molar-refractivity contribution in [1.29, 1.82) is 0 Å². The highest BCUT2D eigenvalue weighted by atomic mass is 16.5. The van der Waals surface area contributed by atoms with Gasteiger partial charge in [0.1, 0.15) is 16.8 Å². The van der Waals surface area contributed by atoms with E-state index in [1.54, 1.807) is 4.80 Å². The first-order chi connectivity index (χ1) is 16.0. The Morgan fingerprint density at radius 2 is 1.58 bits per heavy atom. The van der Waals surface area contributed by atoms with Crippen LogP contribution in [-0.4, -0.2) is 27.5 Å². The molecule has 0 saturated heterocycles. The van der Waals surface area contributed by atoms with E-state index in [9.17, 15) is 4.79 Å². The minimum Gasteiger partial charge on any atom is -0.484 e. The Morgan fingerprint density at radius 1 is 0.879 bits per heavy atom. The summed E-state index contributed by atoms with van der Waals surface area (Å²) in [7, 11) is 0. The number of carbonyl (C=O) groups is 1. The molecule has 5 aromatic rings. The zero-order chi connectivity index (χ0) is 22.9. The molecule has 4 aromatic carbocycles. The van der Waals surface area contributed by atoms with E-state index in [0.29, 0.717) is 17.0 Å². The predicted octanol–water partition coefficient (Wildman–Crippen LogP) is 5.52. The van der Waals surface area contributed by atoms with Crippen LogP contribution in [0.5, 0.6) is 5.75 Å². The summed E-state index contributed by atoms with van der Waals surface area (Å²) in [6, 6.07) is 23.9. The fourth-order valence-electron chi connectivity index (χ4n) is 4.04. The van der Waals surface area contributed by atoms with Crippen LogP contribution in [0.1, 0.15) is 16.7 Å². The molecule has 1 amide bonds. The third-order valence-electron chi connectivity index (χ3n) is 5.55. The molecule has 0 radical (unpaired) electrons. The molecule has 164 valence electrons. The van der Waals surface area contributed by atoms with Crippen LogP contribution < -0.4 is 10.1 Å². The highest BCUT2D eigenvalue weighted by Crippen LogP contribution is 2.25. The summed E-state index contributed by atoms with van der Waals surface area (Å²) in [5.74, 6) is 0.464. The van der Waals surface area contributed by atoms with Crippen molar-refractivity contribution in [3.05, 3.63) is 89.5 Å². The quantitative estimate of drug-likeness (QED) is 0.394. The van der Waals surface area contributed by atoms with Crippen LogP contribution in [0.25, 0.3) is 27.5 Å². The summed E-state index contributed by atoms with van der Waals surface area (Å²) >= 11 is 0. The first-order valence-electron chi connectivity index (χ1n) is 10.8. The Morgan fingerprint density at radius 3 is 2.36 bits per heavy atom. The second-order valence-corrected chi connectivity index (χ2v) is 8.30. The highest BCUT2D eigenvalue weighted by molar-refractivity contribution is 5.95. The number of hydrogen-bond donors (Lipinski definition) is 1. The molecule has 6 nitrogen and oxygen atoms in total. The molecule has 0 spiro atoms. The van der Waals surface area contributed by atoms with Crippen molar-refractivity contribution < 1.29 is 9.53 Å². The van der Waals surface area contributed by atoms with Gasteiger partial charge in [-0.2, -0.15) is 0 Å². The molecular weight excluding hydrogens is 412 g/mol. The van der Waals surface area contributed by atoms with Crippen molar-refractivity contribution in [2.45, 2.75) is 20.8 Å². The molecule has 0 bridgehead atoms. The van der Waals surface area contributed by atoms with E-state index < -0.39 is 0 Å². The van der Waals surface area contributed by atoms with E-state index in [-0.39, 0.29) is 12.5 Å². The van der Waals surface area contributed by atoms with Crippen LogP contribution in [-0.2, 0) is 4.79 Å². The van der Waals surface area contributed by atoms with Crippen LogP contribution in [0.15, 0.2) is 72.8 Å². The van der Waals surface area contributed by atoms with Crippen molar-refractivity contribution in [3.63, 3.8) is 0 Å². The molecule has 6 heteroatoms. The summed E-state index contributed by atoms with van der Waals surface area (Å²) < 4.78 is 5.69. The molecule has 5 rings (SSSR count). The van der Waals surface area contributed by atoms with E-state index >= 15 is 0 Å². The molecule has 1 heterocycles. The smallest absolute Gasteiger partial charge is 0.262 e. The minimum atomic E-state index is -0.224. The summed E-state index contributed by atoms with van der Waals surface area (Å²) in [4.78, 5) is 14.2. The number of fused-ring (bicyclic) bond motifs is 2. The number of nitrogens with one attached hydrogen (secondary N) is 1. The SMILES string of the molecule is Cc1cc(C)cc(OCC(=O)Nc2cc3nn(-c4cccc5ccccc45)nc3cc2C)c1. The highest BCUT2D eigenvalue weighted by Gasteiger charge is 2.12. The number of ether oxygens (including phenoxy) is 1. The Hall–Kier alpha value is -4.19. The van der Waals surface area contributed by atoms with Crippen molar-refractivity contribution in [3.8, 4) is 11.4 Å². The van der Waals surface area contributed by atoms with Crippen molar-refractivity contribution in [2.24, 2.45) is 0 Å². The van der Waals surface area contributed by atoms with Crippen LogP contribution >= 0.6 is 0 Å². The zero-order valence-electron chi connectivity index (χ0n) is 18.8. The van der Waals surface area contributed by atoms with Gasteiger partial charge in [-0.3, -0.25) is 4.79 Å². The molecule has 0 aliphatic rings. The molecule has 0 saturated carbocycles. The lowest BCUT2D eigenvalue weighted by molar-refractivity contribution is -0.118. The lowest BCUT2D eigenvalue weighted by atomic mass is 10.1. The van der Waals surface area contributed by atoms with Crippen LogP contribution in [0, 0.1) is 20.8 Å². The summed E-state index contributed by atoms with van der Waals surface area (Å²) in [6.45, 7) is 5.88. The number of hydrogen-bond acceptors (Lipinski definition) is 4. The summed E-state index contributed by atoms with van der Waals surface area (Å²) in [5.41, 5.74) is 6.19. The predicted molar refractivity (Wildman–Crippen MR) is 131 cm³/mol. The van der Waals surface area contributed by atoms with E-state index in [1.165, 1.54) is 0 Å². The number of aryl methyl sites for hydroxylation is 3. The first kappa shape index (κ1) is 20.7. The second kappa shape index (κ2) is 8.39. The molecule has 0 aliphatic heterocycles. The maximum atomic E-state index is 12.5. The van der Waals surface area contributed by atoms with Crippen molar-refractivity contribution in [1.82, 2.24) is 15.0 Å². The van der Waals surface area contributed by atoms with E-state index in [0.717, 1.165) is 38.7 Å². The van der Waals surface area contributed by atoms with Gasteiger partial charge in [-0.05, 0) is 73.2 Å². The maximum absolute atomic E-state index is 12.5. The van der Waals surface area contributed by atoms with E-state index in [2.05, 4.69) is 39.8 Å². The number of benzene rings is 4. The average Bonchev–Trinajstić information content (AvgIpc) is 3.19. The molecule has 1 N–H and O–H groups in total. The van der Waals surface area contributed by atoms with Gasteiger partial charge in [-0.1, -0.05) is 42.5 Å². The van der Waals surface area contributed by atoms with Gasteiger partial charge in [0.25, 0.3) is 5.91 Å². The van der Waals surface area contributed by atoms with Crippen LogP contribution in [0.3, 0.4) is 0 Å². The first-order valence-corrected chi connectivity index (χ1v) is 10.8.